The fourth-order valence-corrected chi connectivity index (χ4v) is 2.86. The van der Waals surface area contributed by atoms with Gasteiger partial charge in [0, 0.05) is 5.56 Å². The van der Waals surface area contributed by atoms with Gasteiger partial charge in [0.1, 0.15) is 5.75 Å². The van der Waals surface area contributed by atoms with Crippen LogP contribution in [0.3, 0.4) is 0 Å². The summed E-state index contributed by atoms with van der Waals surface area (Å²) in [6, 6.07) is 4.88. The van der Waals surface area contributed by atoms with Gasteiger partial charge >= 0.3 is 0 Å². The van der Waals surface area contributed by atoms with E-state index in [9.17, 15) is 4.79 Å². The number of hydrogen-bond acceptors (Lipinski definition) is 2. The molecule has 0 spiro atoms. The minimum absolute atomic E-state index is 0.392. The third kappa shape index (κ3) is 9.22. The van der Waals surface area contributed by atoms with E-state index in [0.717, 1.165) is 6.42 Å². The first-order chi connectivity index (χ1) is 11.1. The van der Waals surface area contributed by atoms with Crippen molar-refractivity contribution in [3.05, 3.63) is 28.8 Å². The lowest BCUT2D eigenvalue weighted by atomic mass is 10.1. The van der Waals surface area contributed by atoms with Gasteiger partial charge in [-0.1, -0.05) is 76.3 Å². The minimum atomic E-state index is -0.506. The zero-order chi connectivity index (χ0) is 16.9. The predicted molar refractivity (Wildman–Crippen MR) is 99.0 cm³/mol. The smallest absolute Gasteiger partial charge is 0.252 e. The molecule has 0 aliphatic heterocycles. The normalized spacial score (nSPS) is 10.7. The van der Waals surface area contributed by atoms with Gasteiger partial charge in [-0.3, -0.25) is 4.79 Å². The van der Waals surface area contributed by atoms with Crippen LogP contribution in [0.15, 0.2) is 18.2 Å². The Bertz CT molecular complexity index is 461. The van der Waals surface area contributed by atoms with E-state index < -0.39 is 5.24 Å². The number of carbonyl (C=O) groups excluding carboxylic acids is 1. The summed E-state index contributed by atoms with van der Waals surface area (Å²) >= 11 is 11.5. The summed E-state index contributed by atoms with van der Waals surface area (Å²) in [5, 5.41) is -0.0725. The van der Waals surface area contributed by atoms with Crippen molar-refractivity contribution in [3.8, 4) is 5.75 Å². The van der Waals surface area contributed by atoms with Gasteiger partial charge in [-0.05, 0) is 36.2 Å². The number of unbranched alkanes of at least 4 members (excludes halogenated alkanes) is 9. The number of rotatable bonds is 13. The molecule has 0 radical (unpaired) electrons. The topological polar surface area (TPSA) is 26.3 Å². The Morgan fingerprint density at radius 3 is 2.04 bits per heavy atom. The lowest BCUT2D eigenvalue weighted by molar-refractivity contribution is 0.108. The molecular formula is C19H28Cl2O2. The summed E-state index contributed by atoms with van der Waals surface area (Å²) in [7, 11) is 0. The second-order valence-electron chi connectivity index (χ2n) is 5.95. The molecule has 0 amide bonds. The van der Waals surface area contributed by atoms with Crippen LogP contribution in [0.25, 0.3) is 0 Å². The van der Waals surface area contributed by atoms with Crippen LogP contribution >= 0.6 is 23.2 Å². The Balaban J connectivity index is 2.04. The fourth-order valence-electron chi connectivity index (χ4n) is 2.51. The van der Waals surface area contributed by atoms with Gasteiger partial charge < -0.3 is 4.74 Å². The summed E-state index contributed by atoms with van der Waals surface area (Å²) in [5.41, 5.74) is 0.392. The minimum Gasteiger partial charge on any atom is -0.492 e. The predicted octanol–water partition coefficient (Wildman–Crippen LogP) is 7.02. The largest absolute Gasteiger partial charge is 0.492 e. The van der Waals surface area contributed by atoms with Crippen molar-refractivity contribution >= 4 is 28.4 Å². The van der Waals surface area contributed by atoms with E-state index in [4.69, 9.17) is 27.9 Å². The van der Waals surface area contributed by atoms with Crippen molar-refractivity contribution in [2.24, 2.45) is 0 Å². The molecule has 0 unspecified atom stereocenters. The lowest BCUT2D eigenvalue weighted by Crippen LogP contribution is -1.99. The highest BCUT2D eigenvalue weighted by molar-refractivity contribution is 6.67. The van der Waals surface area contributed by atoms with E-state index in [2.05, 4.69) is 6.92 Å². The first-order valence-electron chi connectivity index (χ1n) is 8.77. The molecule has 0 aromatic heterocycles. The summed E-state index contributed by atoms with van der Waals surface area (Å²) < 4.78 is 5.66. The van der Waals surface area contributed by atoms with Crippen molar-refractivity contribution in [1.82, 2.24) is 0 Å². The van der Waals surface area contributed by atoms with Crippen molar-refractivity contribution in [2.75, 3.05) is 6.61 Å². The van der Waals surface area contributed by atoms with Crippen LogP contribution in [0.2, 0.25) is 5.02 Å². The average molecular weight is 359 g/mol. The van der Waals surface area contributed by atoms with E-state index in [1.54, 1.807) is 18.2 Å². The average Bonchev–Trinajstić information content (AvgIpc) is 2.53. The Morgan fingerprint density at radius 1 is 0.957 bits per heavy atom. The molecule has 1 aromatic rings. The summed E-state index contributed by atoms with van der Waals surface area (Å²) in [6.07, 6.45) is 13.0. The summed E-state index contributed by atoms with van der Waals surface area (Å²) in [6.45, 7) is 2.91. The monoisotopic (exact) mass is 358 g/mol. The molecule has 0 aliphatic rings. The zero-order valence-electron chi connectivity index (χ0n) is 14.1. The van der Waals surface area contributed by atoms with Crippen molar-refractivity contribution in [2.45, 2.75) is 71.1 Å². The molecule has 0 fully saturated rings. The van der Waals surface area contributed by atoms with Gasteiger partial charge in [0.15, 0.2) is 0 Å². The Labute approximate surface area is 150 Å². The van der Waals surface area contributed by atoms with E-state index in [-0.39, 0.29) is 0 Å². The second-order valence-corrected chi connectivity index (χ2v) is 6.70. The third-order valence-electron chi connectivity index (χ3n) is 3.91. The molecule has 23 heavy (non-hydrogen) atoms. The highest BCUT2D eigenvalue weighted by atomic mass is 35.5. The number of halogens is 2. The molecule has 0 N–H and O–H groups in total. The van der Waals surface area contributed by atoms with Crippen LogP contribution in [0.5, 0.6) is 5.75 Å². The van der Waals surface area contributed by atoms with Crippen molar-refractivity contribution < 1.29 is 9.53 Å². The summed E-state index contributed by atoms with van der Waals surface area (Å²) in [4.78, 5) is 11.0. The second kappa shape index (κ2) is 12.7. The molecule has 0 aliphatic carbocycles. The van der Waals surface area contributed by atoms with Crippen LogP contribution in [0.1, 0.15) is 81.5 Å². The maximum Gasteiger partial charge on any atom is 0.252 e. The maximum absolute atomic E-state index is 11.0. The van der Waals surface area contributed by atoms with Gasteiger partial charge in [0.05, 0.1) is 11.6 Å². The number of benzene rings is 1. The van der Waals surface area contributed by atoms with Crippen LogP contribution < -0.4 is 4.74 Å². The van der Waals surface area contributed by atoms with Crippen molar-refractivity contribution in [1.29, 1.82) is 0 Å². The number of ether oxygens (including phenoxy) is 1. The SMILES string of the molecule is CCCCCCCCCCCCOc1ccc(C(=O)Cl)cc1Cl. The molecule has 0 bridgehead atoms. The van der Waals surface area contributed by atoms with Gasteiger partial charge in [-0.25, -0.2) is 0 Å². The number of carbonyl (C=O) groups is 1. The van der Waals surface area contributed by atoms with Gasteiger partial charge in [0.2, 0.25) is 0 Å². The highest BCUT2D eigenvalue weighted by Crippen LogP contribution is 2.26. The molecule has 0 atom stereocenters. The molecular weight excluding hydrogens is 331 g/mol. The van der Waals surface area contributed by atoms with E-state index in [1.165, 1.54) is 57.8 Å². The van der Waals surface area contributed by atoms with Crippen LogP contribution in [0.4, 0.5) is 0 Å². The standard InChI is InChI=1S/C19H28Cl2O2/c1-2-3-4-5-6-7-8-9-10-11-14-23-18-13-12-16(19(21)22)15-17(18)20/h12-13,15H,2-11,14H2,1H3. The Hall–Kier alpha value is -0.730. The maximum atomic E-state index is 11.0. The van der Waals surface area contributed by atoms with Crippen LogP contribution in [0, 0.1) is 0 Å². The molecule has 130 valence electrons. The highest BCUT2D eigenvalue weighted by Gasteiger charge is 2.07. The first kappa shape index (κ1) is 20.3. The quantitative estimate of drug-likeness (QED) is 0.279. The molecule has 0 saturated carbocycles. The molecule has 0 saturated heterocycles. The Morgan fingerprint density at radius 2 is 1.52 bits per heavy atom. The van der Waals surface area contributed by atoms with E-state index in [1.807, 2.05) is 0 Å². The third-order valence-corrected chi connectivity index (χ3v) is 4.43. The van der Waals surface area contributed by atoms with E-state index in [0.29, 0.717) is 22.9 Å². The first-order valence-corrected chi connectivity index (χ1v) is 9.53. The van der Waals surface area contributed by atoms with Gasteiger partial charge in [-0.15, -0.1) is 0 Å². The van der Waals surface area contributed by atoms with Crippen LogP contribution in [-0.2, 0) is 0 Å². The zero-order valence-corrected chi connectivity index (χ0v) is 15.6. The van der Waals surface area contributed by atoms with Crippen LogP contribution in [-0.4, -0.2) is 11.8 Å². The molecule has 1 rings (SSSR count). The Kier molecular flexibility index (Phi) is 11.2. The number of hydrogen-bond donors (Lipinski definition) is 0. The van der Waals surface area contributed by atoms with E-state index >= 15 is 0 Å². The fraction of sp³-hybridized carbons (Fsp3) is 0.632. The van der Waals surface area contributed by atoms with Crippen molar-refractivity contribution in [3.63, 3.8) is 0 Å². The summed E-state index contributed by atoms with van der Waals surface area (Å²) in [5.74, 6) is 0.615. The van der Waals surface area contributed by atoms with Gasteiger partial charge in [0.25, 0.3) is 5.24 Å². The lowest BCUT2D eigenvalue weighted by Gasteiger charge is -2.08. The molecule has 4 heteroatoms. The molecule has 1 aromatic carbocycles. The van der Waals surface area contributed by atoms with Gasteiger partial charge in [-0.2, -0.15) is 0 Å². The molecule has 0 heterocycles. The molecule has 2 nitrogen and oxygen atoms in total.